The number of fused-ring (bicyclic) bond motifs is 1. The number of amides is 1. The van der Waals surface area contributed by atoms with Crippen LogP contribution in [0, 0.1) is 17.1 Å². The molecule has 0 saturated heterocycles. The second-order valence-electron chi connectivity index (χ2n) is 5.39. The lowest BCUT2D eigenvalue weighted by molar-refractivity contribution is -0.114. The average Bonchev–Trinajstić information content (AvgIpc) is 2.90. The Balaban J connectivity index is 2.10. The minimum absolute atomic E-state index is 0.108. The number of carbonyl (C=O) groups excluding carboxylic acids is 1. The van der Waals surface area contributed by atoms with Crippen LogP contribution in [0.4, 0.5) is 4.39 Å². The van der Waals surface area contributed by atoms with Crippen LogP contribution in [-0.4, -0.2) is 10.5 Å². The van der Waals surface area contributed by atoms with Crippen molar-refractivity contribution in [1.29, 1.82) is 5.26 Å². The third kappa shape index (κ3) is 3.03. The van der Waals surface area contributed by atoms with Gasteiger partial charge in [0.1, 0.15) is 17.5 Å². The summed E-state index contributed by atoms with van der Waals surface area (Å²) in [5, 5.41) is 9.93. The summed E-state index contributed by atoms with van der Waals surface area (Å²) in [5.74, 6) is -1.05. The van der Waals surface area contributed by atoms with E-state index in [1.165, 1.54) is 18.2 Å². The molecule has 1 heterocycles. The van der Waals surface area contributed by atoms with Gasteiger partial charge in [0.25, 0.3) is 5.91 Å². The molecule has 0 atom stereocenters. The van der Waals surface area contributed by atoms with Crippen LogP contribution in [0.15, 0.2) is 60.3 Å². The van der Waals surface area contributed by atoms with Gasteiger partial charge in [0, 0.05) is 29.2 Å². The zero-order valence-electron chi connectivity index (χ0n) is 12.7. The molecule has 3 rings (SSSR count). The summed E-state index contributed by atoms with van der Waals surface area (Å²) in [5.41, 5.74) is 7.57. The van der Waals surface area contributed by atoms with Crippen molar-refractivity contribution in [3.05, 3.63) is 77.2 Å². The zero-order valence-corrected chi connectivity index (χ0v) is 12.7. The summed E-state index contributed by atoms with van der Waals surface area (Å²) in [6.07, 6.45) is 3.31. The maximum absolute atomic E-state index is 13.4. The van der Waals surface area contributed by atoms with E-state index in [4.69, 9.17) is 11.0 Å². The Morgan fingerprint density at radius 2 is 2.04 bits per heavy atom. The number of para-hydroxylation sites is 1. The van der Waals surface area contributed by atoms with Crippen molar-refractivity contribution in [2.75, 3.05) is 0 Å². The van der Waals surface area contributed by atoms with Crippen molar-refractivity contribution in [1.82, 2.24) is 4.57 Å². The van der Waals surface area contributed by atoms with Gasteiger partial charge in [0.2, 0.25) is 0 Å². The Morgan fingerprint density at radius 3 is 2.75 bits per heavy atom. The number of primary amides is 1. The Kier molecular flexibility index (Phi) is 4.13. The highest BCUT2D eigenvalue weighted by Gasteiger charge is 2.10. The molecule has 24 heavy (non-hydrogen) atoms. The zero-order chi connectivity index (χ0) is 17.1. The number of nitrogens with zero attached hydrogens (tertiary/aromatic N) is 2. The minimum atomic E-state index is -0.764. The van der Waals surface area contributed by atoms with Gasteiger partial charge in [-0.3, -0.25) is 4.79 Å². The standard InChI is InChI=1S/C19H14FN3O/c20-16-5-3-4-13(8-16)11-23-12-15(9-14(10-21)19(22)24)17-6-1-2-7-18(17)23/h1-9,12H,11H2,(H2,22,24)/b14-9+. The fourth-order valence-corrected chi connectivity index (χ4v) is 2.67. The Labute approximate surface area is 138 Å². The fourth-order valence-electron chi connectivity index (χ4n) is 2.67. The number of nitrogens with two attached hydrogens (primary N) is 1. The molecule has 0 fully saturated rings. The first-order valence-electron chi connectivity index (χ1n) is 7.32. The number of carbonyl (C=O) groups is 1. The van der Waals surface area contributed by atoms with E-state index in [1.807, 2.05) is 47.2 Å². The van der Waals surface area contributed by atoms with E-state index in [1.54, 1.807) is 6.07 Å². The van der Waals surface area contributed by atoms with Crippen molar-refractivity contribution in [2.45, 2.75) is 6.54 Å². The molecule has 2 aromatic carbocycles. The van der Waals surface area contributed by atoms with Crippen LogP contribution in [0.1, 0.15) is 11.1 Å². The highest BCUT2D eigenvalue weighted by molar-refractivity contribution is 6.03. The van der Waals surface area contributed by atoms with E-state index in [2.05, 4.69) is 0 Å². The number of halogens is 1. The van der Waals surface area contributed by atoms with Gasteiger partial charge >= 0.3 is 0 Å². The van der Waals surface area contributed by atoms with E-state index in [0.29, 0.717) is 6.54 Å². The van der Waals surface area contributed by atoms with Crippen LogP contribution in [-0.2, 0) is 11.3 Å². The van der Waals surface area contributed by atoms with E-state index < -0.39 is 5.91 Å². The molecule has 3 aromatic rings. The first kappa shape index (κ1) is 15.5. The minimum Gasteiger partial charge on any atom is -0.365 e. The number of rotatable bonds is 4. The first-order valence-corrected chi connectivity index (χ1v) is 7.32. The summed E-state index contributed by atoms with van der Waals surface area (Å²) < 4.78 is 15.3. The molecule has 0 aliphatic carbocycles. The number of benzene rings is 2. The predicted molar refractivity (Wildman–Crippen MR) is 90.2 cm³/mol. The summed E-state index contributed by atoms with van der Waals surface area (Å²) in [6.45, 7) is 0.477. The molecule has 4 nitrogen and oxygen atoms in total. The van der Waals surface area contributed by atoms with E-state index in [-0.39, 0.29) is 11.4 Å². The maximum atomic E-state index is 13.4. The second-order valence-corrected chi connectivity index (χ2v) is 5.39. The fraction of sp³-hybridized carbons (Fsp3) is 0.0526. The Bertz CT molecular complexity index is 995. The van der Waals surface area contributed by atoms with Crippen molar-refractivity contribution in [3.63, 3.8) is 0 Å². The summed E-state index contributed by atoms with van der Waals surface area (Å²) in [4.78, 5) is 11.3. The molecule has 0 radical (unpaired) electrons. The van der Waals surface area contributed by atoms with Gasteiger partial charge in [-0.15, -0.1) is 0 Å². The van der Waals surface area contributed by atoms with Crippen LogP contribution < -0.4 is 5.73 Å². The highest BCUT2D eigenvalue weighted by Crippen LogP contribution is 2.24. The van der Waals surface area contributed by atoms with Crippen LogP contribution in [0.25, 0.3) is 17.0 Å². The molecule has 118 valence electrons. The number of nitriles is 1. The van der Waals surface area contributed by atoms with Crippen molar-refractivity contribution < 1.29 is 9.18 Å². The van der Waals surface area contributed by atoms with Crippen LogP contribution in [0.2, 0.25) is 0 Å². The van der Waals surface area contributed by atoms with E-state index >= 15 is 0 Å². The van der Waals surface area contributed by atoms with E-state index in [0.717, 1.165) is 22.0 Å². The van der Waals surface area contributed by atoms with Gasteiger partial charge in [0.15, 0.2) is 0 Å². The van der Waals surface area contributed by atoms with Crippen molar-refractivity contribution >= 4 is 22.9 Å². The molecule has 0 unspecified atom stereocenters. The topological polar surface area (TPSA) is 71.8 Å². The second kappa shape index (κ2) is 6.39. The van der Waals surface area contributed by atoms with Gasteiger partial charge in [0.05, 0.1) is 0 Å². The number of hydrogen-bond acceptors (Lipinski definition) is 2. The molecule has 0 aliphatic heterocycles. The first-order chi connectivity index (χ1) is 11.6. The SMILES string of the molecule is N#C/C(=C\c1cn(Cc2cccc(F)c2)c2ccccc12)C(N)=O. The number of aromatic nitrogens is 1. The van der Waals surface area contributed by atoms with Crippen molar-refractivity contribution in [3.8, 4) is 6.07 Å². The molecule has 0 aliphatic rings. The van der Waals surface area contributed by atoms with Gasteiger partial charge in [-0.1, -0.05) is 30.3 Å². The summed E-state index contributed by atoms with van der Waals surface area (Å²) in [6, 6.07) is 15.8. The van der Waals surface area contributed by atoms with Crippen LogP contribution in [0.3, 0.4) is 0 Å². The highest BCUT2D eigenvalue weighted by atomic mass is 19.1. The molecular weight excluding hydrogens is 305 g/mol. The van der Waals surface area contributed by atoms with Crippen LogP contribution in [0.5, 0.6) is 0 Å². The molecule has 0 bridgehead atoms. The van der Waals surface area contributed by atoms with Crippen molar-refractivity contribution in [2.24, 2.45) is 5.73 Å². The lowest BCUT2D eigenvalue weighted by Crippen LogP contribution is -2.12. The normalized spacial score (nSPS) is 11.4. The summed E-state index contributed by atoms with van der Waals surface area (Å²) in [7, 11) is 0. The molecule has 5 heteroatoms. The summed E-state index contributed by atoms with van der Waals surface area (Å²) >= 11 is 0. The van der Waals surface area contributed by atoms with Gasteiger partial charge in [-0.2, -0.15) is 5.26 Å². The number of hydrogen-bond donors (Lipinski definition) is 1. The Morgan fingerprint density at radius 1 is 1.25 bits per heavy atom. The largest absolute Gasteiger partial charge is 0.365 e. The molecule has 1 aromatic heterocycles. The van der Waals surface area contributed by atoms with Crippen LogP contribution >= 0.6 is 0 Å². The third-order valence-corrected chi connectivity index (χ3v) is 3.75. The maximum Gasteiger partial charge on any atom is 0.259 e. The average molecular weight is 319 g/mol. The third-order valence-electron chi connectivity index (χ3n) is 3.75. The smallest absolute Gasteiger partial charge is 0.259 e. The molecule has 0 saturated carbocycles. The van der Waals surface area contributed by atoms with Gasteiger partial charge in [-0.25, -0.2) is 4.39 Å². The molecule has 1 amide bonds. The quantitative estimate of drug-likeness (QED) is 0.592. The lowest BCUT2D eigenvalue weighted by atomic mass is 10.1. The molecule has 0 spiro atoms. The lowest BCUT2D eigenvalue weighted by Gasteiger charge is -2.05. The molecular formula is C19H14FN3O. The molecule has 2 N–H and O–H groups in total. The van der Waals surface area contributed by atoms with Gasteiger partial charge < -0.3 is 10.3 Å². The Hall–Kier alpha value is -3.39. The predicted octanol–water partition coefficient (Wildman–Crippen LogP) is 3.22. The monoisotopic (exact) mass is 319 g/mol. The van der Waals surface area contributed by atoms with Gasteiger partial charge in [-0.05, 0) is 29.8 Å². The van der Waals surface area contributed by atoms with E-state index in [9.17, 15) is 9.18 Å².